The summed E-state index contributed by atoms with van der Waals surface area (Å²) >= 11 is 6.03. The zero-order chi connectivity index (χ0) is 64.3. The Morgan fingerprint density at radius 2 is 0.978 bits per heavy atom. The molecule has 0 bridgehead atoms. The molecule has 464 valence electrons. The van der Waals surface area contributed by atoms with Crippen molar-refractivity contribution in [1.29, 1.82) is 15.8 Å². The summed E-state index contributed by atoms with van der Waals surface area (Å²) in [6.45, 7) is -1.62. The van der Waals surface area contributed by atoms with Crippen molar-refractivity contribution in [2.45, 2.75) is 107 Å². The lowest BCUT2D eigenvalue weighted by atomic mass is 10.1. The van der Waals surface area contributed by atoms with E-state index in [1.165, 1.54) is 125 Å². The zero-order valence-electron chi connectivity index (χ0n) is 47.9. The van der Waals surface area contributed by atoms with Crippen molar-refractivity contribution >= 4 is 50.1 Å². The van der Waals surface area contributed by atoms with Crippen molar-refractivity contribution in [3.63, 3.8) is 0 Å². The van der Waals surface area contributed by atoms with Crippen LogP contribution < -0.4 is 22.5 Å². The molecule has 89 heavy (non-hydrogen) atoms. The fourth-order valence-electron chi connectivity index (χ4n) is 9.23. The van der Waals surface area contributed by atoms with Crippen molar-refractivity contribution in [2.24, 2.45) is 0 Å². The first-order valence-corrected chi connectivity index (χ1v) is 31.2. The molecule has 0 radical (unpaired) electrons. The summed E-state index contributed by atoms with van der Waals surface area (Å²) in [5.74, 6) is -4.26. The molecule has 2 aromatic heterocycles. The van der Waals surface area contributed by atoms with E-state index in [1.807, 2.05) is 18.2 Å². The highest BCUT2D eigenvalue weighted by molar-refractivity contribution is 8.07. The number of hydrogen-bond donors (Lipinski definition) is 1. The number of nitriles is 3. The number of phosphoric ester groups is 1. The van der Waals surface area contributed by atoms with Gasteiger partial charge >= 0.3 is 37.9 Å². The molecule has 4 heterocycles. The smallest absolute Gasteiger partial charge is 0.452 e. The van der Waals surface area contributed by atoms with Crippen LogP contribution in [-0.4, -0.2) is 115 Å². The van der Waals surface area contributed by atoms with Gasteiger partial charge in [0.05, 0.1) is 79.6 Å². The maximum absolute atomic E-state index is 15.7. The number of nitrogens with zero attached hydrogens (tertiary/aromatic N) is 7. The summed E-state index contributed by atoms with van der Waals surface area (Å²) in [5.41, 5.74) is -8.10. The first-order valence-electron chi connectivity index (χ1n) is 27.2. The Hall–Kier alpha value is -8.49. The number of esters is 2. The van der Waals surface area contributed by atoms with E-state index in [1.54, 1.807) is 24.3 Å². The molecule has 1 unspecified atom stereocenters. The van der Waals surface area contributed by atoms with Gasteiger partial charge in [0.25, 0.3) is 22.9 Å². The number of aromatic nitrogens is 4. The summed E-state index contributed by atoms with van der Waals surface area (Å²) in [5, 5.41) is 40.5. The number of ether oxygens (including phenoxy) is 4. The molecule has 27 nitrogen and oxygen atoms in total. The van der Waals surface area contributed by atoms with Crippen molar-refractivity contribution in [3.05, 3.63) is 210 Å². The van der Waals surface area contributed by atoms with E-state index >= 15 is 4.57 Å². The van der Waals surface area contributed by atoms with Crippen LogP contribution in [0.15, 0.2) is 165 Å². The van der Waals surface area contributed by atoms with Gasteiger partial charge in [-0.15, -0.1) is 0 Å². The third-order valence-corrected chi connectivity index (χ3v) is 17.5. The molecule has 9 atom stereocenters. The lowest BCUT2D eigenvalue weighted by Crippen LogP contribution is -2.47. The van der Waals surface area contributed by atoms with E-state index in [4.69, 9.17) is 57.9 Å². The van der Waals surface area contributed by atoms with Gasteiger partial charge in [0.1, 0.15) is 24.4 Å². The van der Waals surface area contributed by atoms with Gasteiger partial charge in [0.15, 0.2) is 24.7 Å². The minimum Gasteiger partial charge on any atom is -0.452 e. The molecule has 0 saturated carbocycles. The van der Waals surface area contributed by atoms with Crippen LogP contribution in [0.25, 0.3) is 0 Å². The van der Waals surface area contributed by atoms with E-state index in [0.29, 0.717) is 4.57 Å². The van der Waals surface area contributed by atoms with E-state index < -0.39 is 147 Å². The molecule has 2 fully saturated rings. The van der Waals surface area contributed by atoms with Crippen LogP contribution in [-0.2, 0) is 62.5 Å². The van der Waals surface area contributed by atoms with Gasteiger partial charge in [0.2, 0.25) is 0 Å². The van der Waals surface area contributed by atoms with E-state index in [0.717, 1.165) is 29.1 Å². The number of phosphoric acid groups is 1. The highest BCUT2D eigenvalue weighted by Gasteiger charge is 2.56. The van der Waals surface area contributed by atoms with Gasteiger partial charge in [-0.3, -0.25) is 46.4 Å². The van der Waals surface area contributed by atoms with Gasteiger partial charge in [-0.2, -0.15) is 24.9 Å². The Balaban J connectivity index is 1.25. The lowest BCUT2D eigenvalue weighted by Gasteiger charge is -2.38. The summed E-state index contributed by atoms with van der Waals surface area (Å²) in [6.07, 6.45) is -14.8. The molecular formula is C59H57N7O20P2S. The van der Waals surface area contributed by atoms with Crippen LogP contribution in [0, 0.1) is 34.0 Å². The first-order chi connectivity index (χ1) is 42.4. The quantitative estimate of drug-likeness (QED) is 0.0383. The SMILES string of the molecule is CC(C)(CC#N)OP(=S)(O[C@@H]1[C@H](OP(=O)(OCCC#N)OC[C@H]2O[C@@H](n3ccc(=O)n(C(=O)c4ccccc4)c3=O)[C@H](OC(=O)c3ccccc3)[C@@H]2OC(=O)c2ccccc2)[C@@H](CO)O[C@H]1n1ccc(=O)n(C(=O)c2ccccc2)c1=O)OC(C)(C)CC#N. The van der Waals surface area contributed by atoms with E-state index in [2.05, 4.69) is 0 Å². The maximum atomic E-state index is 15.7. The van der Waals surface area contributed by atoms with Crippen molar-refractivity contribution in [3.8, 4) is 18.2 Å². The summed E-state index contributed by atoms with van der Waals surface area (Å²) < 4.78 is 79.7. The highest BCUT2D eigenvalue weighted by atomic mass is 32.5. The Labute approximate surface area is 512 Å². The molecule has 1 N–H and O–H groups in total. The Morgan fingerprint density at radius 1 is 0.562 bits per heavy atom. The second kappa shape index (κ2) is 28.8. The topological polar surface area (TPSA) is 357 Å². The van der Waals surface area contributed by atoms with E-state index in [9.17, 15) is 59.2 Å². The molecule has 4 aromatic carbocycles. The molecule has 2 aliphatic rings. The predicted molar refractivity (Wildman–Crippen MR) is 313 cm³/mol. The summed E-state index contributed by atoms with van der Waals surface area (Å²) in [4.78, 5) is 112. The maximum Gasteiger partial charge on any atom is 0.475 e. The molecule has 2 saturated heterocycles. The van der Waals surface area contributed by atoms with Crippen LogP contribution in [0.3, 0.4) is 0 Å². The second-order valence-corrected chi connectivity index (χ2v) is 25.4. The number of rotatable bonds is 25. The fourth-order valence-corrected chi connectivity index (χ4v) is 14.1. The normalized spacial score (nSPS) is 20.7. The molecule has 6 aromatic rings. The fraction of sp³-hybridized carbons (Fsp3) is 0.339. The summed E-state index contributed by atoms with van der Waals surface area (Å²) in [6, 6.07) is 36.8. The van der Waals surface area contributed by atoms with Gasteiger partial charge in [0, 0.05) is 35.7 Å². The average Bonchev–Trinajstić information content (AvgIpc) is 2.17. The predicted octanol–water partition coefficient (Wildman–Crippen LogP) is 6.12. The number of carbonyl (C=O) groups is 4. The third kappa shape index (κ3) is 15.9. The van der Waals surface area contributed by atoms with Crippen molar-refractivity contribution in [2.75, 3.05) is 19.8 Å². The van der Waals surface area contributed by atoms with Crippen molar-refractivity contribution in [1.82, 2.24) is 18.3 Å². The van der Waals surface area contributed by atoms with Gasteiger partial charge < -0.3 is 33.1 Å². The van der Waals surface area contributed by atoms with Gasteiger partial charge in [-0.1, -0.05) is 72.8 Å². The monoisotopic (exact) mass is 1280 g/mol. The summed E-state index contributed by atoms with van der Waals surface area (Å²) in [7, 11) is -5.48. The van der Waals surface area contributed by atoms with Crippen LogP contribution in [0.5, 0.6) is 0 Å². The van der Waals surface area contributed by atoms with Crippen LogP contribution in [0.2, 0.25) is 0 Å². The minimum absolute atomic E-state index is 0.0424. The van der Waals surface area contributed by atoms with Crippen LogP contribution >= 0.6 is 14.5 Å². The van der Waals surface area contributed by atoms with Crippen molar-refractivity contribution < 1.29 is 74.9 Å². The Morgan fingerprint density at radius 3 is 1.40 bits per heavy atom. The average molecular weight is 1280 g/mol. The lowest BCUT2D eigenvalue weighted by molar-refractivity contribution is -0.0667. The third-order valence-electron chi connectivity index (χ3n) is 13.4. The number of aliphatic hydroxyl groups is 1. The number of aliphatic hydroxyl groups excluding tert-OH is 1. The number of hydrogen-bond acceptors (Lipinski definition) is 24. The zero-order valence-corrected chi connectivity index (χ0v) is 50.5. The second-order valence-electron chi connectivity index (χ2n) is 20.9. The molecule has 8 rings (SSSR count). The largest absolute Gasteiger partial charge is 0.475 e. The van der Waals surface area contributed by atoms with Crippen LogP contribution in [0.1, 0.15) is 101 Å². The first kappa shape index (κ1) is 66.5. The number of carbonyl (C=O) groups excluding carboxylic acids is 4. The molecular weight excluding hydrogens is 1220 g/mol. The minimum atomic E-state index is -5.48. The Kier molecular flexibility index (Phi) is 21.5. The molecule has 2 aliphatic heterocycles. The van der Waals surface area contributed by atoms with Gasteiger partial charge in [-0.05, 0) is 88.0 Å². The van der Waals surface area contributed by atoms with E-state index in [-0.39, 0.29) is 44.2 Å². The molecule has 0 aliphatic carbocycles. The van der Waals surface area contributed by atoms with Crippen LogP contribution in [0.4, 0.5) is 0 Å². The van der Waals surface area contributed by atoms with Gasteiger partial charge in [-0.25, -0.2) is 23.7 Å². The highest BCUT2D eigenvalue weighted by Crippen LogP contribution is 2.61. The molecule has 0 spiro atoms. The number of benzene rings is 4. The molecule has 30 heteroatoms. The molecule has 0 amide bonds. The Bertz CT molecular complexity index is 4020. The standard InChI is InChI=1S/C59H57N7O20P2S/c1-58(2,28-31-61)85-88(89,86-59(3,4)29-32-62)84-49-47(42(36-67)79-53(49)64-34-27-45(69)66(57(64)75)51(71)39-20-11-6-12-21-39)83-87(76,77-35-17-30-60)78-37-43-46(81-54(72)40-22-13-7-14-23-40)48(82-55(73)41-24-15-8-16-25-41)52(80-43)63-33-26-44(68)65(56(63)74)50(70)38-18-9-5-10-19-38/h5-16,18-27,33-34,42-43,46-49,52-53,67H,17,28-29,35-37H2,1-4H3/t42-,43-,46-,47-,48-,49-,52-,53-,87?/m1/s1.